The summed E-state index contributed by atoms with van der Waals surface area (Å²) in [6.07, 6.45) is -0.942. The van der Waals surface area contributed by atoms with Gasteiger partial charge in [-0.3, -0.25) is 14.9 Å². The van der Waals surface area contributed by atoms with Crippen molar-refractivity contribution in [3.8, 4) is 5.75 Å². The first-order chi connectivity index (χ1) is 10.6. The van der Waals surface area contributed by atoms with E-state index in [9.17, 15) is 19.7 Å². The second kappa shape index (κ2) is 7.57. The quantitative estimate of drug-likeness (QED) is 0.486. The van der Waals surface area contributed by atoms with Crippen molar-refractivity contribution in [1.82, 2.24) is 5.32 Å². The number of nitro benzene ring substituents is 1. The maximum atomic E-state index is 11.8. The summed E-state index contributed by atoms with van der Waals surface area (Å²) >= 11 is 0. The Morgan fingerprint density at radius 1 is 1.26 bits per heavy atom. The molecule has 0 aromatic heterocycles. The number of carbonyl (C=O) groups is 2. The van der Waals surface area contributed by atoms with Crippen molar-refractivity contribution in [3.63, 3.8) is 0 Å². The number of nitrogens with one attached hydrogen (secondary N) is 1. The van der Waals surface area contributed by atoms with E-state index < -0.39 is 35.0 Å². The molecule has 0 aliphatic carbocycles. The lowest BCUT2D eigenvalue weighted by molar-refractivity contribution is -0.384. The Hall–Kier alpha value is -2.64. The van der Waals surface area contributed by atoms with Gasteiger partial charge in [0.2, 0.25) is 0 Å². The van der Waals surface area contributed by atoms with Crippen LogP contribution in [0, 0.1) is 10.1 Å². The zero-order valence-electron chi connectivity index (χ0n) is 13.5. The summed E-state index contributed by atoms with van der Waals surface area (Å²) in [6, 6.07) is 5.28. The molecule has 1 amide bonds. The molecule has 0 bridgehead atoms. The summed E-state index contributed by atoms with van der Waals surface area (Å²) in [5.41, 5.74) is -0.500. The minimum absolute atomic E-state index is 0.0765. The van der Waals surface area contributed by atoms with Crippen molar-refractivity contribution in [3.05, 3.63) is 34.4 Å². The second-order valence-electron chi connectivity index (χ2n) is 5.91. The normalized spacial score (nSPS) is 12.2. The van der Waals surface area contributed by atoms with Crippen LogP contribution >= 0.6 is 0 Å². The topological polar surface area (TPSA) is 108 Å². The highest BCUT2D eigenvalue weighted by Gasteiger charge is 2.22. The minimum atomic E-state index is -0.942. The van der Waals surface area contributed by atoms with E-state index in [1.807, 2.05) is 20.8 Å². The van der Waals surface area contributed by atoms with E-state index in [1.54, 1.807) is 0 Å². The predicted octanol–water partition coefficient (Wildman–Crippen LogP) is 1.82. The Morgan fingerprint density at radius 2 is 1.83 bits per heavy atom. The summed E-state index contributed by atoms with van der Waals surface area (Å²) in [7, 11) is 0. The molecule has 8 heteroatoms. The SMILES string of the molecule is C[C@H](OC(=O)COc1ccc([N+](=O)[O-])cc1)C(=O)NC(C)(C)C. The Kier molecular flexibility index (Phi) is 6.06. The molecule has 126 valence electrons. The number of nitrogens with zero attached hydrogens (tertiary/aromatic N) is 1. The summed E-state index contributed by atoms with van der Waals surface area (Å²) in [5.74, 6) is -0.819. The molecular formula is C15H20N2O6. The number of benzene rings is 1. The molecule has 23 heavy (non-hydrogen) atoms. The lowest BCUT2D eigenvalue weighted by Crippen LogP contribution is -2.46. The molecule has 1 rings (SSSR count). The van der Waals surface area contributed by atoms with E-state index in [0.717, 1.165) is 0 Å². The molecule has 0 radical (unpaired) electrons. The molecule has 0 saturated carbocycles. The van der Waals surface area contributed by atoms with E-state index in [1.165, 1.54) is 31.2 Å². The number of hydrogen-bond donors (Lipinski definition) is 1. The molecule has 0 heterocycles. The van der Waals surface area contributed by atoms with Gasteiger partial charge in [-0.1, -0.05) is 0 Å². The third kappa shape index (κ3) is 6.77. The predicted molar refractivity (Wildman–Crippen MR) is 82.0 cm³/mol. The van der Waals surface area contributed by atoms with Crippen molar-refractivity contribution in [2.75, 3.05) is 6.61 Å². The van der Waals surface area contributed by atoms with E-state index in [-0.39, 0.29) is 5.69 Å². The summed E-state index contributed by atoms with van der Waals surface area (Å²) in [4.78, 5) is 33.4. The van der Waals surface area contributed by atoms with Gasteiger partial charge in [-0.15, -0.1) is 0 Å². The lowest BCUT2D eigenvalue weighted by atomic mass is 10.1. The van der Waals surface area contributed by atoms with Crippen LogP contribution in [0.4, 0.5) is 5.69 Å². The van der Waals surface area contributed by atoms with E-state index in [2.05, 4.69) is 5.32 Å². The maximum Gasteiger partial charge on any atom is 0.344 e. The molecule has 0 aliphatic heterocycles. The van der Waals surface area contributed by atoms with Crippen molar-refractivity contribution in [1.29, 1.82) is 0 Å². The Balaban J connectivity index is 2.44. The van der Waals surface area contributed by atoms with Crippen LogP contribution in [-0.2, 0) is 14.3 Å². The van der Waals surface area contributed by atoms with Crippen LogP contribution in [0.15, 0.2) is 24.3 Å². The van der Waals surface area contributed by atoms with Gasteiger partial charge in [0.25, 0.3) is 11.6 Å². The number of esters is 1. The molecule has 0 spiro atoms. The van der Waals surface area contributed by atoms with E-state index in [4.69, 9.17) is 9.47 Å². The Labute approximate surface area is 133 Å². The molecule has 1 aromatic rings. The number of amides is 1. The van der Waals surface area contributed by atoms with Gasteiger partial charge in [0.05, 0.1) is 4.92 Å². The van der Waals surface area contributed by atoms with E-state index in [0.29, 0.717) is 5.75 Å². The van der Waals surface area contributed by atoms with Crippen molar-refractivity contribution in [2.45, 2.75) is 39.3 Å². The van der Waals surface area contributed by atoms with Crippen molar-refractivity contribution in [2.24, 2.45) is 0 Å². The number of nitro groups is 1. The van der Waals surface area contributed by atoms with Crippen LogP contribution < -0.4 is 10.1 Å². The van der Waals surface area contributed by atoms with Gasteiger partial charge in [0, 0.05) is 17.7 Å². The van der Waals surface area contributed by atoms with Gasteiger partial charge in [-0.05, 0) is 39.8 Å². The average molecular weight is 324 g/mol. The second-order valence-corrected chi connectivity index (χ2v) is 5.91. The molecule has 0 fully saturated rings. The fourth-order valence-corrected chi connectivity index (χ4v) is 1.56. The largest absolute Gasteiger partial charge is 0.482 e. The standard InChI is InChI=1S/C15H20N2O6/c1-10(14(19)16-15(2,3)4)23-13(18)9-22-12-7-5-11(6-8-12)17(20)21/h5-8,10H,9H2,1-4H3,(H,16,19)/t10-/m0/s1. The van der Waals surface area contributed by atoms with Crippen LogP contribution in [0.2, 0.25) is 0 Å². The Morgan fingerprint density at radius 3 is 2.30 bits per heavy atom. The maximum absolute atomic E-state index is 11.8. The van der Waals surface area contributed by atoms with Crippen LogP contribution in [0.5, 0.6) is 5.75 Å². The van der Waals surface area contributed by atoms with Gasteiger partial charge >= 0.3 is 5.97 Å². The highest BCUT2D eigenvalue weighted by molar-refractivity contribution is 5.84. The van der Waals surface area contributed by atoms with Gasteiger partial charge in [-0.2, -0.15) is 0 Å². The first-order valence-electron chi connectivity index (χ1n) is 6.97. The molecule has 8 nitrogen and oxygen atoms in total. The lowest BCUT2D eigenvalue weighted by Gasteiger charge is -2.23. The summed E-state index contributed by atoms with van der Waals surface area (Å²) in [6.45, 7) is 6.52. The highest BCUT2D eigenvalue weighted by atomic mass is 16.6. The van der Waals surface area contributed by atoms with Crippen molar-refractivity contribution >= 4 is 17.6 Å². The van der Waals surface area contributed by atoms with Gasteiger partial charge in [0.15, 0.2) is 12.7 Å². The zero-order valence-corrected chi connectivity index (χ0v) is 13.5. The van der Waals surface area contributed by atoms with Crippen LogP contribution in [0.25, 0.3) is 0 Å². The fourth-order valence-electron chi connectivity index (χ4n) is 1.56. The van der Waals surface area contributed by atoms with Gasteiger partial charge in [-0.25, -0.2) is 4.79 Å². The van der Waals surface area contributed by atoms with Gasteiger partial charge < -0.3 is 14.8 Å². The molecule has 1 aromatic carbocycles. The zero-order chi connectivity index (χ0) is 17.6. The number of non-ortho nitro benzene ring substituents is 1. The summed E-state index contributed by atoms with van der Waals surface area (Å²) < 4.78 is 10.1. The summed E-state index contributed by atoms with van der Waals surface area (Å²) in [5, 5.41) is 13.2. The first-order valence-corrected chi connectivity index (χ1v) is 6.97. The molecule has 0 aliphatic rings. The molecule has 1 N–H and O–H groups in total. The molecule has 0 saturated heterocycles. The molecule has 0 unspecified atom stereocenters. The first kappa shape index (κ1) is 18.4. The third-order valence-corrected chi connectivity index (χ3v) is 2.58. The Bertz CT molecular complexity index is 577. The smallest absolute Gasteiger partial charge is 0.344 e. The van der Waals surface area contributed by atoms with Crippen LogP contribution in [0.3, 0.4) is 0 Å². The van der Waals surface area contributed by atoms with Crippen molar-refractivity contribution < 1.29 is 24.0 Å². The highest BCUT2D eigenvalue weighted by Crippen LogP contribution is 2.17. The molecule has 1 atom stereocenters. The number of hydrogen-bond acceptors (Lipinski definition) is 6. The average Bonchev–Trinajstić information content (AvgIpc) is 2.43. The van der Waals surface area contributed by atoms with Crippen LogP contribution in [0.1, 0.15) is 27.7 Å². The fraction of sp³-hybridized carbons (Fsp3) is 0.467. The minimum Gasteiger partial charge on any atom is -0.482 e. The monoisotopic (exact) mass is 324 g/mol. The third-order valence-electron chi connectivity index (χ3n) is 2.58. The van der Waals surface area contributed by atoms with Gasteiger partial charge in [0.1, 0.15) is 5.75 Å². The number of carbonyl (C=O) groups excluding carboxylic acids is 2. The van der Waals surface area contributed by atoms with E-state index >= 15 is 0 Å². The van der Waals surface area contributed by atoms with Crippen LogP contribution in [-0.4, -0.2) is 35.0 Å². The number of ether oxygens (including phenoxy) is 2. The molecular weight excluding hydrogens is 304 g/mol. The number of rotatable bonds is 6.